The van der Waals surface area contributed by atoms with Crippen molar-refractivity contribution < 1.29 is 0 Å². The zero-order chi connectivity index (χ0) is 13.2. The van der Waals surface area contributed by atoms with Crippen LogP contribution in [0.2, 0.25) is 0 Å². The molecule has 1 aliphatic carbocycles. The van der Waals surface area contributed by atoms with Gasteiger partial charge in [-0.3, -0.25) is 4.79 Å². The average Bonchev–Trinajstić information content (AvgIpc) is 2.96. The van der Waals surface area contributed by atoms with Gasteiger partial charge < -0.3 is 10.3 Å². The summed E-state index contributed by atoms with van der Waals surface area (Å²) in [7, 11) is 0. The molecule has 2 aromatic rings. The van der Waals surface area contributed by atoms with Gasteiger partial charge in [0.25, 0.3) is 5.56 Å². The fourth-order valence-corrected chi connectivity index (χ4v) is 3.18. The molecule has 3 heteroatoms. The molecule has 1 fully saturated rings. The molecule has 0 bridgehead atoms. The second-order valence-electron chi connectivity index (χ2n) is 5.55. The summed E-state index contributed by atoms with van der Waals surface area (Å²) < 4.78 is 1.83. The highest BCUT2D eigenvalue weighted by atomic mass is 16.1. The molecule has 1 aliphatic rings. The van der Waals surface area contributed by atoms with E-state index in [1.165, 1.54) is 25.7 Å². The van der Waals surface area contributed by atoms with Crippen molar-refractivity contribution in [3.05, 3.63) is 46.8 Å². The van der Waals surface area contributed by atoms with Gasteiger partial charge in [0.05, 0.1) is 5.52 Å². The van der Waals surface area contributed by atoms with E-state index in [0.29, 0.717) is 12.5 Å². The Bertz CT molecular complexity index is 626. The highest BCUT2D eigenvalue weighted by molar-refractivity contribution is 5.78. The first-order valence-corrected chi connectivity index (χ1v) is 7.10. The lowest BCUT2D eigenvalue weighted by atomic mass is 9.99. The van der Waals surface area contributed by atoms with Gasteiger partial charge in [-0.2, -0.15) is 0 Å². The number of nitrogens with zero attached hydrogens (tertiary/aromatic N) is 1. The molecule has 19 heavy (non-hydrogen) atoms. The van der Waals surface area contributed by atoms with E-state index >= 15 is 0 Å². The van der Waals surface area contributed by atoms with Crippen LogP contribution in [0.5, 0.6) is 0 Å². The van der Waals surface area contributed by atoms with Crippen LogP contribution in [-0.2, 0) is 6.54 Å². The Kier molecular flexibility index (Phi) is 3.38. The van der Waals surface area contributed by atoms with Gasteiger partial charge in [-0.15, -0.1) is 0 Å². The third kappa shape index (κ3) is 2.43. The Hall–Kier alpha value is -1.61. The number of hydrogen-bond donors (Lipinski definition) is 1. The first-order valence-electron chi connectivity index (χ1n) is 7.10. The van der Waals surface area contributed by atoms with Crippen molar-refractivity contribution in [2.24, 2.45) is 11.7 Å². The quantitative estimate of drug-likeness (QED) is 0.917. The molecule has 1 atom stereocenters. The van der Waals surface area contributed by atoms with Crippen LogP contribution in [0.15, 0.2) is 41.2 Å². The van der Waals surface area contributed by atoms with Gasteiger partial charge in [-0.05, 0) is 36.3 Å². The molecular weight excluding hydrogens is 236 g/mol. The normalized spacial score (nSPS) is 17.9. The van der Waals surface area contributed by atoms with Gasteiger partial charge in [-0.25, -0.2) is 0 Å². The first-order chi connectivity index (χ1) is 9.25. The molecule has 0 amide bonds. The van der Waals surface area contributed by atoms with Crippen LogP contribution in [-0.4, -0.2) is 10.6 Å². The lowest BCUT2D eigenvalue weighted by molar-refractivity contribution is 0.388. The Morgan fingerprint density at radius 1 is 1.16 bits per heavy atom. The number of para-hydroxylation sites is 1. The van der Waals surface area contributed by atoms with Crippen LogP contribution in [0.4, 0.5) is 0 Å². The molecule has 1 aromatic carbocycles. The Balaban J connectivity index is 1.95. The smallest absolute Gasteiger partial charge is 0.251 e. The molecule has 0 spiro atoms. The summed E-state index contributed by atoms with van der Waals surface area (Å²) in [5.74, 6) is 0.575. The van der Waals surface area contributed by atoms with E-state index in [9.17, 15) is 4.79 Å². The van der Waals surface area contributed by atoms with Crippen molar-refractivity contribution in [1.82, 2.24) is 4.57 Å². The van der Waals surface area contributed by atoms with Crippen molar-refractivity contribution in [1.29, 1.82) is 0 Å². The third-order valence-electron chi connectivity index (χ3n) is 4.30. The molecule has 1 saturated carbocycles. The largest absolute Gasteiger partial charge is 0.326 e. The maximum Gasteiger partial charge on any atom is 0.251 e. The van der Waals surface area contributed by atoms with Crippen LogP contribution in [0.3, 0.4) is 0 Å². The maximum atomic E-state index is 12.1. The van der Waals surface area contributed by atoms with Crippen LogP contribution >= 0.6 is 0 Å². The van der Waals surface area contributed by atoms with Gasteiger partial charge in [0.2, 0.25) is 0 Å². The predicted molar refractivity (Wildman–Crippen MR) is 78.1 cm³/mol. The third-order valence-corrected chi connectivity index (χ3v) is 4.30. The number of nitrogens with two attached hydrogens (primary N) is 1. The summed E-state index contributed by atoms with van der Waals surface area (Å²) in [6, 6.07) is 11.6. The SMILES string of the molecule is NC(Cn1c(=O)ccc2ccccc21)C1CCCC1. The lowest BCUT2D eigenvalue weighted by Gasteiger charge is -2.21. The number of fused-ring (bicyclic) bond motifs is 1. The molecule has 1 heterocycles. The molecule has 2 N–H and O–H groups in total. The molecular formula is C16H20N2O. The van der Waals surface area contributed by atoms with E-state index < -0.39 is 0 Å². The van der Waals surface area contributed by atoms with Crippen molar-refractivity contribution in [2.45, 2.75) is 38.3 Å². The minimum atomic E-state index is 0.0483. The van der Waals surface area contributed by atoms with Gasteiger partial charge in [0.1, 0.15) is 0 Å². The molecule has 0 radical (unpaired) electrons. The van der Waals surface area contributed by atoms with E-state index in [1.807, 2.05) is 34.9 Å². The summed E-state index contributed by atoms with van der Waals surface area (Å²) in [6.45, 7) is 0.630. The molecule has 100 valence electrons. The molecule has 1 aromatic heterocycles. The lowest BCUT2D eigenvalue weighted by Crippen LogP contribution is -2.36. The standard InChI is InChI=1S/C16H20N2O/c17-14(12-5-1-2-6-12)11-18-15-8-4-3-7-13(15)9-10-16(18)19/h3-4,7-10,12,14H,1-2,5-6,11,17H2. The first kappa shape index (κ1) is 12.4. The molecule has 0 aliphatic heterocycles. The van der Waals surface area contributed by atoms with Gasteiger partial charge >= 0.3 is 0 Å². The molecule has 0 saturated heterocycles. The molecule has 1 unspecified atom stereocenters. The summed E-state index contributed by atoms with van der Waals surface area (Å²) >= 11 is 0. The van der Waals surface area contributed by atoms with E-state index in [4.69, 9.17) is 5.73 Å². The van der Waals surface area contributed by atoms with Gasteiger partial charge in [0, 0.05) is 18.7 Å². The summed E-state index contributed by atoms with van der Waals surface area (Å²) in [4.78, 5) is 12.1. The van der Waals surface area contributed by atoms with Crippen LogP contribution in [0, 0.1) is 5.92 Å². The van der Waals surface area contributed by atoms with E-state index in [1.54, 1.807) is 6.07 Å². The van der Waals surface area contributed by atoms with Crippen molar-refractivity contribution in [2.75, 3.05) is 0 Å². The number of rotatable bonds is 3. The summed E-state index contributed by atoms with van der Waals surface area (Å²) in [6.07, 6.45) is 4.98. The average molecular weight is 256 g/mol. The summed E-state index contributed by atoms with van der Waals surface area (Å²) in [5, 5.41) is 1.10. The molecule has 3 nitrogen and oxygen atoms in total. The van der Waals surface area contributed by atoms with Crippen LogP contribution in [0.25, 0.3) is 10.9 Å². The number of aromatic nitrogens is 1. The van der Waals surface area contributed by atoms with Gasteiger partial charge in [-0.1, -0.05) is 31.0 Å². The second kappa shape index (κ2) is 5.17. The second-order valence-corrected chi connectivity index (χ2v) is 5.55. The predicted octanol–water partition coefficient (Wildman–Crippen LogP) is 2.52. The highest BCUT2D eigenvalue weighted by Crippen LogP contribution is 2.27. The maximum absolute atomic E-state index is 12.1. The number of hydrogen-bond acceptors (Lipinski definition) is 2. The fraction of sp³-hybridized carbons (Fsp3) is 0.438. The van der Waals surface area contributed by atoms with E-state index in [2.05, 4.69) is 0 Å². The fourth-order valence-electron chi connectivity index (χ4n) is 3.18. The Labute approximate surface area is 113 Å². The van der Waals surface area contributed by atoms with E-state index in [-0.39, 0.29) is 11.6 Å². The molecule has 3 rings (SSSR count). The van der Waals surface area contributed by atoms with E-state index in [0.717, 1.165) is 10.9 Å². The zero-order valence-corrected chi connectivity index (χ0v) is 11.1. The monoisotopic (exact) mass is 256 g/mol. The van der Waals surface area contributed by atoms with Gasteiger partial charge in [0.15, 0.2) is 0 Å². The highest BCUT2D eigenvalue weighted by Gasteiger charge is 2.22. The zero-order valence-electron chi connectivity index (χ0n) is 11.1. The number of pyridine rings is 1. The summed E-state index contributed by atoms with van der Waals surface area (Å²) in [5.41, 5.74) is 7.35. The van der Waals surface area contributed by atoms with Crippen molar-refractivity contribution in [3.8, 4) is 0 Å². The Morgan fingerprint density at radius 3 is 2.68 bits per heavy atom. The van der Waals surface area contributed by atoms with Crippen molar-refractivity contribution in [3.63, 3.8) is 0 Å². The topological polar surface area (TPSA) is 48.0 Å². The number of benzene rings is 1. The van der Waals surface area contributed by atoms with Crippen LogP contribution < -0.4 is 11.3 Å². The minimum Gasteiger partial charge on any atom is -0.326 e. The van der Waals surface area contributed by atoms with Crippen LogP contribution in [0.1, 0.15) is 25.7 Å². The Morgan fingerprint density at radius 2 is 1.89 bits per heavy atom. The minimum absolute atomic E-state index is 0.0483. The van der Waals surface area contributed by atoms with Crippen molar-refractivity contribution >= 4 is 10.9 Å².